The smallest absolute Gasteiger partial charge is 0.157 e. The number of benzene rings is 4. The molecule has 1 aliphatic rings. The molecule has 28 heavy (non-hydrogen) atoms. The molecular formula is C25H18O3. The predicted molar refractivity (Wildman–Crippen MR) is 109 cm³/mol. The molecule has 0 bridgehead atoms. The lowest BCUT2D eigenvalue weighted by Crippen LogP contribution is -2.28. The second-order valence-electron chi connectivity index (χ2n) is 7.09. The van der Waals surface area contributed by atoms with Gasteiger partial charge in [0.25, 0.3) is 0 Å². The Morgan fingerprint density at radius 3 is 1.61 bits per heavy atom. The Balaban J connectivity index is 1.95. The summed E-state index contributed by atoms with van der Waals surface area (Å²) in [5.74, 6) is -0.103. The van der Waals surface area contributed by atoms with Crippen molar-refractivity contribution >= 4 is 0 Å². The monoisotopic (exact) mass is 366 g/mol. The summed E-state index contributed by atoms with van der Waals surface area (Å²) in [6.07, 6.45) is 0. The molecule has 136 valence electrons. The van der Waals surface area contributed by atoms with Crippen molar-refractivity contribution in [2.45, 2.75) is 5.41 Å². The van der Waals surface area contributed by atoms with Crippen LogP contribution in [0.5, 0.6) is 17.2 Å². The summed E-state index contributed by atoms with van der Waals surface area (Å²) in [5.41, 5.74) is 5.65. The highest BCUT2D eigenvalue weighted by Gasteiger charge is 2.46. The summed E-state index contributed by atoms with van der Waals surface area (Å²) in [6, 6.07) is 28.7. The van der Waals surface area contributed by atoms with Crippen molar-refractivity contribution in [1.82, 2.24) is 0 Å². The molecular weight excluding hydrogens is 348 g/mol. The molecule has 5 rings (SSSR count). The number of phenolic OH excluding ortho intramolecular Hbond substituents is 3. The fourth-order valence-corrected chi connectivity index (χ4v) is 4.49. The first-order chi connectivity index (χ1) is 13.6. The van der Waals surface area contributed by atoms with Crippen molar-refractivity contribution < 1.29 is 15.3 Å². The van der Waals surface area contributed by atoms with E-state index >= 15 is 0 Å². The number of hydrogen-bond acceptors (Lipinski definition) is 3. The molecule has 0 aliphatic heterocycles. The van der Waals surface area contributed by atoms with Crippen LogP contribution in [0.1, 0.15) is 22.3 Å². The molecule has 0 amide bonds. The van der Waals surface area contributed by atoms with Gasteiger partial charge in [-0.1, -0.05) is 66.7 Å². The highest BCUT2D eigenvalue weighted by atomic mass is 16.3. The number of aromatic hydroxyl groups is 3. The van der Waals surface area contributed by atoms with Crippen LogP contribution in [0.3, 0.4) is 0 Å². The van der Waals surface area contributed by atoms with E-state index < -0.39 is 5.41 Å². The Morgan fingerprint density at radius 2 is 1.04 bits per heavy atom. The van der Waals surface area contributed by atoms with Gasteiger partial charge in [0.1, 0.15) is 5.75 Å². The number of rotatable bonds is 2. The lowest BCUT2D eigenvalue weighted by molar-refractivity contribution is 0.402. The normalized spacial score (nSPS) is 13.7. The quantitative estimate of drug-likeness (QED) is 0.378. The van der Waals surface area contributed by atoms with Crippen LogP contribution in [-0.4, -0.2) is 15.3 Å². The molecule has 0 unspecified atom stereocenters. The second kappa shape index (κ2) is 5.89. The van der Waals surface area contributed by atoms with Gasteiger partial charge in [-0.3, -0.25) is 0 Å². The first-order valence-corrected chi connectivity index (χ1v) is 9.13. The van der Waals surface area contributed by atoms with Crippen molar-refractivity contribution in [3.8, 4) is 28.4 Å². The Bertz CT molecular complexity index is 1150. The Morgan fingerprint density at radius 1 is 0.500 bits per heavy atom. The van der Waals surface area contributed by atoms with E-state index in [2.05, 4.69) is 24.3 Å². The van der Waals surface area contributed by atoms with E-state index in [1.54, 1.807) is 18.2 Å². The molecule has 4 aromatic carbocycles. The van der Waals surface area contributed by atoms with Crippen LogP contribution >= 0.6 is 0 Å². The largest absolute Gasteiger partial charge is 0.508 e. The third kappa shape index (κ3) is 2.10. The van der Waals surface area contributed by atoms with Gasteiger partial charge in [-0.25, -0.2) is 0 Å². The van der Waals surface area contributed by atoms with Gasteiger partial charge in [-0.2, -0.15) is 0 Å². The first-order valence-electron chi connectivity index (χ1n) is 9.13. The molecule has 3 N–H and O–H groups in total. The molecule has 1 aliphatic carbocycles. The maximum absolute atomic E-state index is 10.3. The van der Waals surface area contributed by atoms with E-state index in [9.17, 15) is 15.3 Å². The van der Waals surface area contributed by atoms with E-state index in [0.717, 1.165) is 33.4 Å². The maximum atomic E-state index is 10.3. The van der Waals surface area contributed by atoms with Crippen LogP contribution < -0.4 is 0 Å². The summed E-state index contributed by atoms with van der Waals surface area (Å²) in [5, 5.41) is 30.0. The van der Waals surface area contributed by atoms with Gasteiger partial charge in [0.05, 0.1) is 5.41 Å². The van der Waals surface area contributed by atoms with Crippen molar-refractivity contribution in [2.24, 2.45) is 0 Å². The summed E-state index contributed by atoms with van der Waals surface area (Å²) >= 11 is 0. The van der Waals surface area contributed by atoms with Gasteiger partial charge in [0.15, 0.2) is 11.5 Å². The average molecular weight is 366 g/mol. The van der Waals surface area contributed by atoms with Crippen molar-refractivity contribution in [1.29, 1.82) is 0 Å². The minimum atomic E-state index is -0.661. The molecule has 0 saturated carbocycles. The van der Waals surface area contributed by atoms with Crippen LogP contribution in [-0.2, 0) is 5.41 Å². The summed E-state index contributed by atoms with van der Waals surface area (Å²) in [7, 11) is 0. The number of phenols is 3. The molecule has 0 aromatic heterocycles. The van der Waals surface area contributed by atoms with Crippen molar-refractivity contribution in [3.05, 3.63) is 113 Å². The second-order valence-corrected chi connectivity index (χ2v) is 7.09. The lowest BCUT2D eigenvalue weighted by atomic mass is 9.67. The van der Waals surface area contributed by atoms with Crippen LogP contribution in [0.2, 0.25) is 0 Å². The zero-order valence-corrected chi connectivity index (χ0v) is 15.0. The lowest BCUT2D eigenvalue weighted by Gasteiger charge is -2.34. The zero-order chi connectivity index (χ0) is 19.3. The summed E-state index contributed by atoms with van der Waals surface area (Å²) < 4.78 is 0. The maximum Gasteiger partial charge on any atom is 0.157 e. The SMILES string of the molecule is Oc1ccc(C2(c3ccc(O)c(O)c3)c3ccccc3-c3ccccc32)cc1. The third-order valence-corrected chi connectivity index (χ3v) is 5.66. The summed E-state index contributed by atoms with van der Waals surface area (Å²) in [6.45, 7) is 0. The third-order valence-electron chi connectivity index (χ3n) is 5.66. The molecule has 0 fully saturated rings. The van der Waals surface area contributed by atoms with E-state index in [4.69, 9.17) is 0 Å². The van der Waals surface area contributed by atoms with Crippen molar-refractivity contribution in [3.63, 3.8) is 0 Å². The predicted octanol–water partition coefficient (Wildman–Crippen LogP) is 5.17. The van der Waals surface area contributed by atoms with E-state index in [1.807, 2.05) is 42.5 Å². The zero-order valence-electron chi connectivity index (χ0n) is 15.0. The number of fused-ring (bicyclic) bond motifs is 3. The Kier molecular flexibility index (Phi) is 3.46. The topological polar surface area (TPSA) is 60.7 Å². The van der Waals surface area contributed by atoms with E-state index in [-0.39, 0.29) is 17.2 Å². The molecule has 3 nitrogen and oxygen atoms in total. The van der Waals surface area contributed by atoms with E-state index in [1.165, 1.54) is 6.07 Å². The van der Waals surface area contributed by atoms with Gasteiger partial charge >= 0.3 is 0 Å². The molecule has 0 atom stereocenters. The minimum Gasteiger partial charge on any atom is -0.508 e. The standard InChI is InChI=1S/C25H18O3/c26-18-12-9-16(10-13-18)25(17-11-14-23(27)24(28)15-17)21-7-3-1-5-19(21)20-6-2-4-8-22(20)25/h1-15,26-28H. The minimum absolute atomic E-state index is 0.149. The van der Waals surface area contributed by atoms with Crippen LogP contribution in [0.4, 0.5) is 0 Å². The molecule has 0 radical (unpaired) electrons. The van der Waals surface area contributed by atoms with Gasteiger partial charge in [0.2, 0.25) is 0 Å². The summed E-state index contributed by atoms with van der Waals surface area (Å²) in [4.78, 5) is 0. The fourth-order valence-electron chi connectivity index (χ4n) is 4.49. The van der Waals surface area contributed by atoms with Gasteiger partial charge in [-0.05, 0) is 57.6 Å². The van der Waals surface area contributed by atoms with Crippen LogP contribution in [0.15, 0.2) is 91.0 Å². The van der Waals surface area contributed by atoms with Crippen molar-refractivity contribution in [2.75, 3.05) is 0 Å². The van der Waals surface area contributed by atoms with Gasteiger partial charge in [-0.15, -0.1) is 0 Å². The van der Waals surface area contributed by atoms with Gasteiger partial charge < -0.3 is 15.3 Å². The highest BCUT2D eigenvalue weighted by Crippen LogP contribution is 2.56. The Hall–Kier alpha value is -3.72. The first kappa shape index (κ1) is 16.5. The molecule has 3 heteroatoms. The van der Waals surface area contributed by atoms with Gasteiger partial charge in [0, 0.05) is 0 Å². The molecule has 0 heterocycles. The molecule has 0 saturated heterocycles. The van der Waals surface area contributed by atoms with Crippen LogP contribution in [0, 0.1) is 0 Å². The number of hydrogen-bond donors (Lipinski definition) is 3. The fraction of sp³-hybridized carbons (Fsp3) is 0.0400. The molecule has 0 spiro atoms. The van der Waals surface area contributed by atoms with E-state index in [0.29, 0.717) is 0 Å². The Labute approximate surface area is 162 Å². The highest BCUT2D eigenvalue weighted by molar-refractivity contribution is 5.86. The molecule has 4 aromatic rings. The average Bonchev–Trinajstić information content (AvgIpc) is 3.02. The van der Waals surface area contributed by atoms with Crippen LogP contribution in [0.25, 0.3) is 11.1 Å².